The van der Waals surface area contributed by atoms with Gasteiger partial charge in [-0.1, -0.05) is 54.6 Å². The van der Waals surface area contributed by atoms with Gasteiger partial charge in [-0.25, -0.2) is 4.79 Å². The molecule has 2 saturated heterocycles. The van der Waals surface area contributed by atoms with Crippen molar-refractivity contribution < 1.29 is 4.79 Å². The highest BCUT2D eigenvalue weighted by Gasteiger charge is 2.27. The summed E-state index contributed by atoms with van der Waals surface area (Å²) in [5.41, 5.74) is 9.75. The van der Waals surface area contributed by atoms with E-state index in [1.165, 1.54) is 16.7 Å². The minimum absolute atomic E-state index is 0.0582. The number of nitrogens with two attached hydrogens (primary N) is 1. The maximum Gasteiger partial charge on any atom is 0.317 e. The number of hydrogen-bond acceptors (Lipinski definition) is 3. The van der Waals surface area contributed by atoms with E-state index in [1.807, 2.05) is 11.0 Å². The molecular weight excluding hydrogens is 348 g/mol. The van der Waals surface area contributed by atoms with Crippen LogP contribution in [0.25, 0.3) is 11.1 Å². The molecule has 0 aliphatic carbocycles. The number of urea groups is 1. The van der Waals surface area contributed by atoms with E-state index < -0.39 is 0 Å². The molecule has 0 bridgehead atoms. The Kier molecular flexibility index (Phi) is 5.93. The second-order valence-electron chi connectivity index (χ2n) is 8.06. The quantitative estimate of drug-likeness (QED) is 0.860. The van der Waals surface area contributed by atoms with Crippen LogP contribution in [0.3, 0.4) is 0 Å². The summed E-state index contributed by atoms with van der Waals surface area (Å²) in [4.78, 5) is 16.7. The number of benzene rings is 2. The van der Waals surface area contributed by atoms with Crippen LogP contribution in [0.5, 0.6) is 0 Å². The van der Waals surface area contributed by atoms with Gasteiger partial charge in [-0.05, 0) is 36.0 Å². The van der Waals surface area contributed by atoms with Crippen molar-refractivity contribution in [2.75, 3.05) is 26.2 Å². The summed E-state index contributed by atoms with van der Waals surface area (Å²) >= 11 is 0. The monoisotopic (exact) mass is 378 g/mol. The molecule has 5 nitrogen and oxygen atoms in total. The van der Waals surface area contributed by atoms with Gasteiger partial charge in [0.25, 0.3) is 0 Å². The Hall–Kier alpha value is -2.37. The number of nitrogens with zero attached hydrogens (tertiary/aromatic N) is 2. The third kappa shape index (κ3) is 4.72. The van der Waals surface area contributed by atoms with Gasteiger partial charge in [-0.3, -0.25) is 4.90 Å². The van der Waals surface area contributed by atoms with Crippen LogP contribution in [0.4, 0.5) is 4.79 Å². The SMILES string of the molecule is N[C@H]1CCN(C(=O)NC2CCN(Cc3ccc(-c4ccccc4)cc3)CC2)C1. The van der Waals surface area contributed by atoms with Crippen LogP contribution >= 0.6 is 0 Å². The van der Waals surface area contributed by atoms with Crippen molar-refractivity contribution in [1.29, 1.82) is 0 Å². The van der Waals surface area contributed by atoms with Crippen LogP contribution in [0.15, 0.2) is 54.6 Å². The molecule has 148 valence electrons. The molecule has 0 saturated carbocycles. The number of likely N-dealkylation sites (tertiary alicyclic amines) is 2. The van der Waals surface area contributed by atoms with Crippen molar-refractivity contribution in [2.24, 2.45) is 5.73 Å². The molecule has 2 aromatic carbocycles. The topological polar surface area (TPSA) is 61.6 Å². The highest BCUT2D eigenvalue weighted by atomic mass is 16.2. The van der Waals surface area contributed by atoms with E-state index in [0.29, 0.717) is 6.54 Å². The first-order valence-corrected chi connectivity index (χ1v) is 10.3. The molecule has 3 N–H and O–H groups in total. The summed E-state index contributed by atoms with van der Waals surface area (Å²) in [6, 6.07) is 19.8. The average Bonchev–Trinajstić information content (AvgIpc) is 3.17. The molecule has 2 aliphatic rings. The summed E-state index contributed by atoms with van der Waals surface area (Å²) in [5.74, 6) is 0. The van der Waals surface area contributed by atoms with Gasteiger partial charge in [0.15, 0.2) is 0 Å². The molecule has 0 unspecified atom stereocenters. The predicted octanol–water partition coefficient (Wildman–Crippen LogP) is 3.06. The number of amides is 2. The van der Waals surface area contributed by atoms with Gasteiger partial charge in [0.2, 0.25) is 0 Å². The Morgan fingerprint density at radius 1 is 0.929 bits per heavy atom. The molecule has 2 amide bonds. The van der Waals surface area contributed by atoms with Crippen molar-refractivity contribution in [3.63, 3.8) is 0 Å². The van der Waals surface area contributed by atoms with Crippen LogP contribution in [0.1, 0.15) is 24.8 Å². The summed E-state index contributed by atoms with van der Waals surface area (Å²) in [6.45, 7) is 4.47. The van der Waals surface area contributed by atoms with Crippen molar-refractivity contribution in [1.82, 2.24) is 15.1 Å². The maximum absolute atomic E-state index is 12.3. The lowest BCUT2D eigenvalue weighted by Gasteiger charge is -2.33. The molecular formula is C23H30N4O. The third-order valence-electron chi connectivity index (χ3n) is 5.89. The number of nitrogens with one attached hydrogen (secondary N) is 1. The van der Waals surface area contributed by atoms with Gasteiger partial charge in [-0.2, -0.15) is 0 Å². The van der Waals surface area contributed by atoms with Gasteiger partial charge in [0.05, 0.1) is 0 Å². The molecule has 5 heteroatoms. The fourth-order valence-corrected chi connectivity index (χ4v) is 4.16. The number of piperidine rings is 1. The zero-order valence-electron chi connectivity index (χ0n) is 16.4. The molecule has 2 aromatic rings. The van der Waals surface area contributed by atoms with E-state index in [4.69, 9.17) is 5.73 Å². The van der Waals surface area contributed by atoms with E-state index in [2.05, 4.69) is 58.7 Å². The van der Waals surface area contributed by atoms with Crippen molar-refractivity contribution >= 4 is 6.03 Å². The van der Waals surface area contributed by atoms with E-state index in [-0.39, 0.29) is 18.1 Å². The van der Waals surface area contributed by atoms with Crippen molar-refractivity contribution in [2.45, 2.75) is 37.9 Å². The average molecular weight is 379 g/mol. The largest absolute Gasteiger partial charge is 0.335 e. The Morgan fingerprint density at radius 2 is 1.61 bits per heavy atom. The molecule has 0 aromatic heterocycles. The molecule has 1 atom stereocenters. The number of carbonyl (C=O) groups excluding carboxylic acids is 1. The van der Waals surface area contributed by atoms with Crippen LogP contribution in [0.2, 0.25) is 0 Å². The fraction of sp³-hybridized carbons (Fsp3) is 0.435. The lowest BCUT2D eigenvalue weighted by molar-refractivity contribution is 0.174. The smallest absolute Gasteiger partial charge is 0.317 e. The summed E-state index contributed by atoms with van der Waals surface area (Å²) in [7, 11) is 0. The highest BCUT2D eigenvalue weighted by molar-refractivity contribution is 5.75. The third-order valence-corrected chi connectivity index (χ3v) is 5.89. The first-order chi connectivity index (χ1) is 13.7. The highest BCUT2D eigenvalue weighted by Crippen LogP contribution is 2.21. The first kappa shape index (κ1) is 19.0. The van der Waals surface area contributed by atoms with Gasteiger partial charge in [0, 0.05) is 44.8 Å². The van der Waals surface area contributed by atoms with E-state index in [0.717, 1.165) is 45.4 Å². The zero-order valence-corrected chi connectivity index (χ0v) is 16.4. The van der Waals surface area contributed by atoms with Crippen LogP contribution < -0.4 is 11.1 Å². The van der Waals surface area contributed by atoms with Crippen LogP contribution in [0, 0.1) is 0 Å². The second kappa shape index (κ2) is 8.76. The Labute approximate surface area is 167 Å². The lowest BCUT2D eigenvalue weighted by Crippen LogP contribution is -2.48. The molecule has 0 spiro atoms. The predicted molar refractivity (Wildman–Crippen MR) is 113 cm³/mol. The minimum Gasteiger partial charge on any atom is -0.335 e. The van der Waals surface area contributed by atoms with E-state index >= 15 is 0 Å². The molecule has 0 radical (unpaired) electrons. The molecule has 2 fully saturated rings. The summed E-state index contributed by atoms with van der Waals surface area (Å²) in [6.07, 6.45) is 2.93. The van der Waals surface area contributed by atoms with Crippen molar-refractivity contribution in [3.05, 3.63) is 60.2 Å². The van der Waals surface area contributed by atoms with Crippen LogP contribution in [-0.2, 0) is 6.54 Å². The van der Waals surface area contributed by atoms with Gasteiger partial charge >= 0.3 is 6.03 Å². The van der Waals surface area contributed by atoms with Crippen molar-refractivity contribution in [3.8, 4) is 11.1 Å². The minimum atomic E-state index is 0.0582. The molecule has 28 heavy (non-hydrogen) atoms. The lowest BCUT2D eigenvalue weighted by atomic mass is 10.0. The normalized spacial score (nSPS) is 21.0. The first-order valence-electron chi connectivity index (χ1n) is 10.3. The zero-order chi connectivity index (χ0) is 19.3. The maximum atomic E-state index is 12.3. The molecule has 2 aliphatic heterocycles. The van der Waals surface area contributed by atoms with E-state index in [1.54, 1.807) is 0 Å². The Bertz CT molecular complexity index is 769. The fourth-order valence-electron chi connectivity index (χ4n) is 4.16. The molecule has 4 rings (SSSR count). The summed E-state index contributed by atoms with van der Waals surface area (Å²) in [5, 5.41) is 3.20. The van der Waals surface area contributed by atoms with Crippen LogP contribution in [-0.4, -0.2) is 54.1 Å². The number of rotatable bonds is 4. The Morgan fingerprint density at radius 3 is 2.25 bits per heavy atom. The standard InChI is InChI=1S/C23H30N4O/c24-21-10-15-27(17-21)23(28)25-22-11-13-26(14-12-22)16-18-6-8-20(9-7-18)19-4-2-1-3-5-19/h1-9,21-22H,10-17,24H2,(H,25,28)/t21-/m0/s1. The summed E-state index contributed by atoms with van der Waals surface area (Å²) < 4.78 is 0. The Balaban J connectivity index is 1.24. The second-order valence-corrected chi connectivity index (χ2v) is 8.06. The van der Waals surface area contributed by atoms with Gasteiger partial charge in [0.1, 0.15) is 0 Å². The number of hydrogen-bond donors (Lipinski definition) is 2. The van der Waals surface area contributed by atoms with Gasteiger partial charge in [-0.15, -0.1) is 0 Å². The number of carbonyl (C=O) groups is 1. The molecule has 2 heterocycles. The van der Waals surface area contributed by atoms with E-state index in [9.17, 15) is 4.79 Å². The van der Waals surface area contributed by atoms with Gasteiger partial charge < -0.3 is 16.0 Å².